The fourth-order valence-corrected chi connectivity index (χ4v) is 19.5. The molecule has 19 aromatic rings. The zero-order chi connectivity index (χ0) is 77.3. The third kappa shape index (κ3) is 11.2. The second-order valence-electron chi connectivity index (χ2n) is 32.7. The van der Waals surface area contributed by atoms with Gasteiger partial charge < -0.3 is 18.9 Å². The lowest BCUT2D eigenvalue weighted by atomic mass is 9.81. The lowest BCUT2D eigenvalue weighted by Crippen LogP contribution is -2.20. The van der Waals surface area contributed by atoms with E-state index >= 15 is 0 Å². The first-order valence-corrected chi connectivity index (χ1v) is 40.3. The molecule has 0 unspecified atom stereocenters. The molecule has 0 atom stereocenters. The Kier molecular flexibility index (Phi) is 16.3. The summed E-state index contributed by atoms with van der Waals surface area (Å²) in [6.45, 7) is 14.2. The van der Waals surface area contributed by atoms with Gasteiger partial charge in [-0.25, -0.2) is 0 Å². The molecule has 3 aliphatic carbocycles. The Hall–Kier alpha value is -14.1. The number of anilines is 6. The number of fused-ring (bicyclic) bond motifs is 15. The molecule has 22 rings (SSSR count). The highest BCUT2D eigenvalue weighted by atomic mass is 15.2. The molecular formula is C111H84N4. The highest BCUT2D eigenvalue weighted by Crippen LogP contribution is 2.57. The fourth-order valence-electron chi connectivity index (χ4n) is 19.5. The molecule has 3 aliphatic rings. The van der Waals surface area contributed by atoms with Gasteiger partial charge in [-0.15, -0.1) is 0 Å². The zero-order valence-electron chi connectivity index (χ0n) is 65.4. The van der Waals surface area contributed by atoms with Gasteiger partial charge in [-0.2, -0.15) is 0 Å². The van der Waals surface area contributed by atoms with Crippen LogP contribution < -0.4 is 9.80 Å². The van der Waals surface area contributed by atoms with Crippen molar-refractivity contribution in [1.29, 1.82) is 0 Å². The monoisotopic (exact) mass is 1470 g/mol. The third-order valence-corrected chi connectivity index (χ3v) is 25.2. The van der Waals surface area contributed by atoms with Crippen molar-refractivity contribution in [2.45, 2.75) is 57.8 Å². The molecule has 4 heteroatoms. The Morgan fingerprint density at radius 2 is 0.574 bits per heavy atom. The van der Waals surface area contributed by atoms with E-state index in [1.807, 2.05) is 0 Å². The predicted molar refractivity (Wildman–Crippen MR) is 485 cm³/mol. The molecule has 548 valence electrons. The summed E-state index contributed by atoms with van der Waals surface area (Å²) in [5, 5.41) is 5.07. The normalized spacial score (nSPS) is 13.5. The van der Waals surface area contributed by atoms with Crippen LogP contribution in [0, 0.1) is 0 Å². The minimum atomic E-state index is -0.170. The Balaban J connectivity index is 0.000000146. The van der Waals surface area contributed by atoms with E-state index in [1.54, 1.807) is 0 Å². The van der Waals surface area contributed by atoms with Gasteiger partial charge in [0.25, 0.3) is 0 Å². The van der Waals surface area contributed by atoms with E-state index in [-0.39, 0.29) is 16.2 Å². The van der Waals surface area contributed by atoms with Crippen molar-refractivity contribution in [3.05, 3.63) is 434 Å². The molecule has 0 amide bonds. The molecule has 0 saturated carbocycles. The summed E-state index contributed by atoms with van der Waals surface area (Å²) >= 11 is 0. The van der Waals surface area contributed by atoms with Gasteiger partial charge in [-0.1, -0.05) is 315 Å². The highest BCUT2D eigenvalue weighted by molar-refractivity contribution is 6.16. The maximum Gasteiger partial charge on any atom is 0.0547 e. The number of para-hydroxylation sites is 3. The van der Waals surface area contributed by atoms with E-state index in [0.29, 0.717) is 0 Å². The lowest BCUT2D eigenvalue weighted by Gasteiger charge is -2.32. The Morgan fingerprint density at radius 3 is 1.15 bits per heavy atom. The number of aromatic nitrogens is 2. The largest absolute Gasteiger partial charge is 0.310 e. The van der Waals surface area contributed by atoms with E-state index < -0.39 is 0 Å². The number of benzene rings is 17. The molecule has 0 aliphatic heterocycles. The van der Waals surface area contributed by atoms with Gasteiger partial charge in [0.05, 0.1) is 27.8 Å². The van der Waals surface area contributed by atoms with Crippen LogP contribution >= 0.6 is 0 Å². The molecule has 0 saturated heterocycles. The van der Waals surface area contributed by atoms with Crippen LogP contribution in [0.15, 0.2) is 400 Å². The summed E-state index contributed by atoms with van der Waals surface area (Å²) in [6.07, 6.45) is 0. The van der Waals surface area contributed by atoms with Crippen LogP contribution in [0.25, 0.3) is 133 Å². The molecule has 0 radical (unpaired) electrons. The zero-order valence-corrected chi connectivity index (χ0v) is 65.4. The minimum Gasteiger partial charge on any atom is -0.310 e. The summed E-state index contributed by atoms with van der Waals surface area (Å²) < 4.78 is 4.84. The van der Waals surface area contributed by atoms with Crippen LogP contribution in [0.5, 0.6) is 0 Å². The van der Waals surface area contributed by atoms with Gasteiger partial charge in [-0.3, -0.25) is 0 Å². The van der Waals surface area contributed by atoms with Crippen molar-refractivity contribution in [2.75, 3.05) is 9.80 Å². The van der Waals surface area contributed by atoms with Gasteiger partial charge >= 0.3 is 0 Å². The summed E-state index contributed by atoms with van der Waals surface area (Å²) in [6, 6.07) is 147. The number of hydrogen-bond acceptors (Lipinski definition) is 2. The topological polar surface area (TPSA) is 16.3 Å². The van der Waals surface area contributed by atoms with Gasteiger partial charge in [0.15, 0.2) is 0 Å². The highest BCUT2D eigenvalue weighted by Gasteiger charge is 2.41. The first kappa shape index (κ1) is 68.9. The number of rotatable bonds is 12. The van der Waals surface area contributed by atoms with Crippen molar-refractivity contribution in [1.82, 2.24) is 9.13 Å². The predicted octanol–water partition coefficient (Wildman–Crippen LogP) is 30.1. The minimum absolute atomic E-state index is 0.0810. The third-order valence-electron chi connectivity index (χ3n) is 25.2. The van der Waals surface area contributed by atoms with Crippen LogP contribution in [-0.4, -0.2) is 9.13 Å². The second-order valence-corrected chi connectivity index (χ2v) is 32.7. The summed E-state index contributed by atoms with van der Waals surface area (Å²) in [5.74, 6) is 0. The molecule has 2 heterocycles. The Bertz CT molecular complexity index is 6990. The van der Waals surface area contributed by atoms with Crippen LogP contribution in [0.2, 0.25) is 0 Å². The van der Waals surface area contributed by atoms with Gasteiger partial charge in [-0.05, 0) is 239 Å². The second kappa shape index (κ2) is 27.1. The number of nitrogens with zero attached hydrogens (tertiary/aromatic N) is 4. The summed E-state index contributed by atoms with van der Waals surface area (Å²) in [4.78, 5) is 4.86. The fraction of sp³-hybridized carbons (Fsp3) is 0.0811. The van der Waals surface area contributed by atoms with Crippen molar-refractivity contribution in [3.63, 3.8) is 0 Å². The summed E-state index contributed by atoms with van der Waals surface area (Å²) in [5.41, 5.74) is 39.6. The molecule has 2 aromatic heterocycles. The van der Waals surface area contributed by atoms with E-state index in [1.165, 1.54) is 172 Å². The average Bonchev–Trinajstić information content (AvgIpc) is 1.60. The smallest absolute Gasteiger partial charge is 0.0547 e. The Morgan fingerprint density at radius 1 is 0.200 bits per heavy atom. The van der Waals surface area contributed by atoms with E-state index in [0.717, 1.165) is 28.4 Å². The van der Waals surface area contributed by atoms with Crippen LogP contribution in [0.4, 0.5) is 34.1 Å². The van der Waals surface area contributed by atoms with Gasteiger partial charge in [0.1, 0.15) is 0 Å². The van der Waals surface area contributed by atoms with E-state index in [2.05, 4.69) is 461 Å². The average molecular weight is 1470 g/mol. The van der Waals surface area contributed by atoms with E-state index in [9.17, 15) is 0 Å². The standard InChI is InChI=1S/C60H46N2.C51H38N2/c1-59(2)52-23-13-12-21-47(52)49-37-51-50-36-42(30-35-55(50)62(57(51)38-54(49)59)43-18-9-6-10-19-43)41-28-33-45(34-29-41)61(44-31-26-40(27-32-44)39-16-7-5-8-17-39)56-25-15-22-48-46-20-11-14-24-53(46)60(3,4)58(48)56;1-51(2)46-21-11-9-18-43(46)44-33-32-41(34-47(44)51)52(39-28-24-36(25-29-39)35-14-5-3-6-15-35)40-30-26-37(27-31-40)42-20-13-23-49-50(42)45-19-10-12-22-48(45)53(49)38-16-7-4-8-17-38/h5-38H,1-4H3;3-34H,1-2H3. The van der Waals surface area contributed by atoms with E-state index in [4.69, 9.17) is 0 Å². The molecule has 0 fully saturated rings. The molecule has 0 N–H and O–H groups in total. The number of hydrogen-bond donors (Lipinski definition) is 0. The molecular weight excluding hydrogens is 1390 g/mol. The van der Waals surface area contributed by atoms with Crippen LogP contribution in [0.1, 0.15) is 74.9 Å². The van der Waals surface area contributed by atoms with Crippen LogP contribution in [0.3, 0.4) is 0 Å². The molecule has 17 aromatic carbocycles. The quantitative estimate of drug-likeness (QED) is 0.121. The van der Waals surface area contributed by atoms with Crippen molar-refractivity contribution in [2.24, 2.45) is 0 Å². The molecule has 0 spiro atoms. The maximum atomic E-state index is 2.47. The Labute approximate surface area is 673 Å². The molecule has 115 heavy (non-hydrogen) atoms. The van der Waals surface area contributed by atoms with Crippen molar-refractivity contribution >= 4 is 77.7 Å². The van der Waals surface area contributed by atoms with Gasteiger partial charge in [0, 0.05) is 77.6 Å². The summed E-state index contributed by atoms with van der Waals surface area (Å²) in [7, 11) is 0. The van der Waals surface area contributed by atoms with Crippen molar-refractivity contribution < 1.29 is 0 Å². The maximum absolute atomic E-state index is 2.47. The van der Waals surface area contributed by atoms with Gasteiger partial charge in [0.2, 0.25) is 0 Å². The first-order valence-electron chi connectivity index (χ1n) is 40.3. The molecule has 0 bridgehead atoms. The molecule has 4 nitrogen and oxygen atoms in total. The van der Waals surface area contributed by atoms with Crippen molar-refractivity contribution in [3.8, 4) is 89.3 Å². The first-order chi connectivity index (χ1) is 56.3. The lowest BCUT2D eigenvalue weighted by molar-refractivity contribution is 0.660. The SMILES string of the molecule is CC1(C)c2ccccc2-c2cc3c4cc(-c5ccc(N(c6ccc(-c7ccccc7)cc6)c6cccc7c6C(C)(C)c6ccccc6-7)cc5)ccc4n(-c4ccccc4)c3cc21.CC1(C)c2ccccc2-c2ccc(N(c3ccc(-c4ccccc4)cc3)c3ccc(-c4cccc5c4c4ccccc4n5-c4ccccc4)cc3)cc21. The van der Waals surface area contributed by atoms with Crippen LogP contribution in [-0.2, 0) is 16.2 Å².